The first-order valence-corrected chi connectivity index (χ1v) is 6.20. The summed E-state index contributed by atoms with van der Waals surface area (Å²) < 4.78 is 5.75. The smallest absolute Gasteiger partial charge is 0.313 e. The number of benzene rings is 1. The molecule has 1 atom stereocenters. The topological polar surface area (TPSA) is 52.3 Å². The summed E-state index contributed by atoms with van der Waals surface area (Å²) in [6.45, 7) is 5.57. The number of carbonyl (C=O) groups is 1. The second kappa shape index (κ2) is 5.19. The van der Waals surface area contributed by atoms with Crippen molar-refractivity contribution < 1.29 is 9.53 Å². The zero-order valence-electron chi connectivity index (χ0n) is 10.6. The van der Waals surface area contributed by atoms with Crippen LogP contribution in [0.15, 0.2) is 22.7 Å². The lowest BCUT2D eigenvalue weighted by Gasteiger charge is -2.30. The van der Waals surface area contributed by atoms with Gasteiger partial charge in [-0.05, 0) is 44.0 Å². The molecule has 94 valence electrons. The summed E-state index contributed by atoms with van der Waals surface area (Å²) in [5.41, 5.74) is 7.47. The molecule has 0 spiro atoms. The number of nitrogens with two attached hydrogens (primary N) is 1. The first-order chi connectivity index (χ1) is 7.80. The molecule has 3 nitrogen and oxygen atoms in total. The van der Waals surface area contributed by atoms with Crippen molar-refractivity contribution >= 4 is 21.9 Å². The number of halogens is 1. The molecule has 1 unspecified atom stereocenters. The number of methoxy groups -OCH3 is 1. The van der Waals surface area contributed by atoms with Gasteiger partial charge in [0.2, 0.25) is 0 Å². The SMILES string of the molecule is COC(=O)C(C)(C)C(N)c1cc(Br)ccc1C. The van der Waals surface area contributed by atoms with Crippen molar-refractivity contribution in [1.82, 2.24) is 0 Å². The Morgan fingerprint density at radius 2 is 2.06 bits per heavy atom. The summed E-state index contributed by atoms with van der Waals surface area (Å²) in [5.74, 6) is -0.302. The van der Waals surface area contributed by atoms with Gasteiger partial charge in [-0.3, -0.25) is 4.79 Å². The molecule has 0 aliphatic carbocycles. The molecule has 0 saturated carbocycles. The zero-order chi connectivity index (χ0) is 13.2. The number of aryl methyl sites for hydroxylation is 1. The number of esters is 1. The molecule has 0 heterocycles. The second-order valence-corrected chi connectivity index (χ2v) is 5.61. The van der Waals surface area contributed by atoms with E-state index in [9.17, 15) is 4.79 Å². The highest BCUT2D eigenvalue weighted by molar-refractivity contribution is 9.10. The summed E-state index contributed by atoms with van der Waals surface area (Å²) in [4.78, 5) is 11.7. The third kappa shape index (κ3) is 2.87. The lowest BCUT2D eigenvalue weighted by atomic mass is 9.80. The Balaban J connectivity index is 3.15. The van der Waals surface area contributed by atoms with Crippen LogP contribution in [0.3, 0.4) is 0 Å². The quantitative estimate of drug-likeness (QED) is 0.873. The van der Waals surface area contributed by atoms with E-state index in [0.717, 1.165) is 15.6 Å². The van der Waals surface area contributed by atoms with E-state index in [4.69, 9.17) is 10.5 Å². The molecule has 0 aliphatic rings. The van der Waals surface area contributed by atoms with Gasteiger partial charge in [-0.25, -0.2) is 0 Å². The van der Waals surface area contributed by atoms with E-state index in [1.165, 1.54) is 7.11 Å². The Morgan fingerprint density at radius 3 is 2.59 bits per heavy atom. The molecule has 0 radical (unpaired) electrons. The summed E-state index contributed by atoms with van der Waals surface area (Å²) in [7, 11) is 1.38. The van der Waals surface area contributed by atoms with Gasteiger partial charge in [0.1, 0.15) is 0 Å². The molecule has 2 N–H and O–H groups in total. The minimum atomic E-state index is -0.750. The van der Waals surface area contributed by atoms with Gasteiger partial charge >= 0.3 is 5.97 Å². The average molecular weight is 300 g/mol. The molecular weight excluding hydrogens is 282 g/mol. The van der Waals surface area contributed by atoms with Crippen molar-refractivity contribution in [3.63, 3.8) is 0 Å². The third-order valence-electron chi connectivity index (χ3n) is 3.07. The molecule has 17 heavy (non-hydrogen) atoms. The Morgan fingerprint density at radius 1 is 1.47 bits per heavy atom. The van der Waals surface area contributed by atoms with E-state index in [-0.39, 0.29) is 5.97 Å². The van der Waals surface area contributed by atoms with Gasteiger partial charge in [-0.15, -0.1) is 0 Å². The third-order valence-corrected chi connectivity index (χ3v) is 3.56. The Kier molecular flexibility index (Phi) is 4.33. The molecule has 0 amide bonds. The molecule has 1 rings (SSSR count). The molecule has 0 aromatic heterocycles. The second-order valence-electron chi connectivity index (χ2n) is 4.69. The first kappa shape index (κ1) is 14.2. The van der Waals surface area contributed by atoms with Crippen molar-refractivity contribution in [2.24, 2.45) is 11.1 Å². The van der Waals surface area contributed by atoms with Crippen LogP contribution in [0.2, 0.25) is 0 Å². The van der Waals surface area contributed by atoms with Gasteiger partial charge in [0.15, 0.2) is 0 Å². The molecule has 0 saturated heterocycles. The van der Waals surface area contributed by atoms with Crippen LogP contribution in [-0.4, -0.2) is 13.1 Å². The van der Waals surface area contributed by atoms with Crippen LogP contribution in [0.1, 0.15) is 31.0 Å². The first-order valence-electron chi connectivity index (χ1n) is 5.40. The van der Waals surface area contributed by atoms with Gasteiger partial charge in [0, 0.05) is 10.5 Å². The minimum absolute atomic E-state index is 0.302. The van der Waals surface area contributed by atoms with Crippen LogP contribution in [0.4, 0.5) is 0 Å². The van der Waals surface area contributed by atoms with Gasteiger partial charge < -0.3 is 10.5 Å². The molecule has 0 aliphatic heterocycles. The maximum absolute atomic E-state index is 11.7. The molecule has 1 aromatic rings. The summed E-state index contributed by atoms with van der Waals surface area (Å²) >= 11 is 3.41. The van der Waals surface area contributed by atoms with E-state index in [1.54, 1.807) is 13.8 Å². The zero-order valence-corrected chi connectivity index (χ0v) is 12.2. The van der Waals surface area contributed by atoms with Gasteiger partial charge in [0.25, 0.3) is 0 Å². The van der Waals surface area contributed by atoms with Crippen molar-refractivity contribution in [2.75, 3.05) is 7.11 Å². The van der Waals surface area contributed by atoms with Crippen LogP contribution in [0.5, 0.6) is 0 Å². The molecule has 0 bridgehead atoms. The van der Waals surface area contributed by atoms with Crippen molar-refractivity contribution in [1.29, 1.82) is 0 Å². The Labute approximate surface area is 110 Å². The molecule has 1 aromatic carbocycles. The maximum Gasteiger partial charge on any atom is 0.313 e. The number of hydrogen-bond acceptors (Lipinski definition) is 3. The molecular formula is C13H18BrNO2. The van der Waals surface area contributed by atoms with Crippen molar-refractivity contribution in [2.45, 2.75) is 26.8 Å². The fraction of sp³-hybridized carbons (Fsp3) is 0.462. The summed E-state index contributed by atoms with van der Waals surface area (Å²) in [6, 6.07) is 5.49. The largest absolute Gasteiger partial charge is 0.469 e. The highest BCUT2D eigenvalue weighted by atomic mass is 79.9. The monoisotopic (exact) mass is 299 g/mol. The van der Waals surface area contributed by atoms with Gasteiger partial charge in [-0.1, -0.05) is 22.0 Å². The highest BCUT2D eigenvalue weighted by Gasteiger charge is 2.37. The fourth-order valence-corrected chi connectivity index (χ4v) is 2.10. The van der Waals surface area contributed by atoms with E-state index in [0.29, 0.717) is 0 Å². The Hall–Kier alpha value is -0.870. The number of hydrogen-bond donors (Lipinski definition) is 1. The van der Waals surface area contributed by atoms with Crippen LogP contribution in [0, 0.1) is 12.3 Å². The summed E-state index contributed by atoms with van der Waals surface area (Å²) in [6.07, 6.45) is 0. The van der Waals surface area contributed by atoms with Gasteiger partial charge in [0.05, 0.1) is 12.5 Å². The van der Waals surface area contributed by atoms with Crippen LogP contribution in [0.25, 0.3) is 0 Å². The standard InChI is InChI=1S/C13H18BrNO2/c1-8-5-6-9(14)7-10(8)11(15)13(2,3)12(16)17-4/h5-7,11H,15H2,1-4H3. The van der Waals surface area contributed by atoms with E-state index in [2.05, 4.69) is 15.9 Å². The number of rotatable bonds is 3. The normalized spacial score (nSPS) is 13.3. The predicted octanol–water partition coefficient (Wildman–Crippen LogP) is 2.96. The summed E-state index contributed by atoms with van der Waals surface area (Å²) in [5, 5.41) is 0. The van der Waals surface area contributed by atoms with Crippen molar-refractivity contribution in [3.05, 3.63) is 33.8 Å². The van der Waals surface area contributed by atoms with Crippen LogP contribution in [-0.2, 0) is 9.53 Å². The maximum atomic E-state index is 11.7. The van der Waals surface area contributed by atoms with E-state index >= 15 is 0 Å². The molecule has 0 fully saturated rings. The number of ether oxygens (including phenoxy) is 1. The van der Waals surface area contributed by atoms with Crippen LogP contribution >= 0.6 is 15.9 Å². The molecule has 4 heteroatoms. The lowest BCUT2D eigenvalue weighted by molar-refractivity contribution is -0.152. The average Bonchev–Trinajstić information content (AvgIpc) is 2.30. The van der Waals surface area contributed by atoms with E-state index in [1.807, 2.05) is 25.1 Å². The van der Waals surface area contributed by atoms with Gasteiger partial charge in [-0.2, -0.15) is 0 Å². The lowest BCUT2D eigenvalue weighted by Crippen LogP contribution is -2.37. The van der Waals surface area contributed by atoms with Crippen molar-refractivity contribution in [3.8, 4) is 0 Å². The van der Waals surface area contributed by atoms with Crippen LogP contribution < -0.4 is 5.73 Å². The fourth-order valence-electron chi connectivity index (χ4n) is 1.73. The Bertz CT molecular complexity index is 429. The predicted molar refractivity (Wildman–Crippen MR) is 71.6 cm³/mol. The number of carbonyl (C=O) groups excluding carboxylic acids is 1. The minimum Gasteiger partial charge on any atom is -0.469 e. The van der Waals surface area contributed by atoms with E-state index < -0.39 is 11.5 Å². The highest BCUT2D eigenvalue weighted by Crippen LogP contribution is 2.35.